The van der Waals surface area contributed by atoms with E-state index < -0.39 is 9.84 Å². The van der Waals surface area contributed by atoms with Crippen molar-refractivity contribution < 1.29 is 13.2 Å². The van der Waals surface area contributed by atoms with E-state index >= 15 is 0 Å². The molecule has 0 atom stereocenters. The van der Waals surface area contributed by atoms with Crippen LogP contribution in [0.5, 0.6) is 0 Å². The predicted molar refractivity (Wildman–Crippen MR) is 112 cm³/mol. The lowest BCUT2D eigenvalue weighted by Crippen LogP contribution is -2.16. The van der Waals surface area contributed by atoms with Gasteiger partial charge in [-0.25, -0.2) is 8.42 Å². The van der Waals surface area contributed by atoms with Crippen LogP contribution in [0, 0.1) is 0 Å². The molecule has 0 aromatic heterocycles. The van der Waals surface area contributed by atoms with Crippen molar-refractivity contribution >= 4 is 27.1 Å². The van der Waals surface area contributed by atoms with E-state index in [-0.39, 0.29) is 10.8 Å². The second-order valence-corrected chi connectivity index (χ2v) is 8.66. The van der Waals surface area contributed by atoms with Gasteiger partial charge in [-0.15, -0.1) is 0 Å². The highest BCUT2D eigenvalue weighted by Crippen LogP contribution is 2.20. The molecule has 3 aromatic carbocycles. The van der Waals surface area contributed by atoms with Gasteiger partial charge in [0, 0.05) is 36.8 Å². The molecule has 3 rings (SSSR count). The van der Waals surface area contributed by atoms with Crippen molar-refractivity contribution in [3.8, 4) is 0 Å². The fourth-order valence-corrected chi connectivity index (χ4v) is 3.49. The van der Waals surface area contributed by atoms with Gasteiger partial charge in [-0.2, -0.15) is 0 Å². The predicted octanol–water partition coefficient (Wildman–Crippen LogP) is 3.98. The van der Waals surface area contributed by atoms with Gasteiger partial charge in [0.25, 0.3) is 5.91 Å². The van der Waals surface area contributed by atoms with Crippen LogP contribution in [-0.2, 0) is 16.4 Å². The summed E-state index contributed by atoms with van der Waals surface area (Å²) in [5.74, 6) is -0.351. The molecule has 0 heterocycles. The Hall–Kier alpha value is -3.12. The fraction of sp³-hybridized carbons (Fsp3) is 0.136. The van der Waals surface area contributed by atoms with Crippen LogP contribution in [0.25, 0.3) is 0 Å². The maximum Gasteiger partial charge on any atom is 0.255 e. The Kier molecular flexibility index (Phi) is 5.80. The summed E-state index contributed by atoms with van der Waals surface area (Å²) in [6.07, 6.45) is 1.12. The topological polar surface area (TPSA) is 66.5 Å². The third-order valence-corrected chi connectivity index (χ3v) is 5.46. The molecule has 0 saturated carbocycles. The third kappa shape index (κ3) is 4.98. The highest BCUT2D eigenvalue weighted by atomic mass is 32.2. The van der Waals surface area contributed by atoms with Crippen molar-refractivity contribution in [2.75, 3.05) is 23.5 Å². The maximum absolute atomic E-state index is 12.4. The molecule has 0 radical (unpaired) electrons. The van der Waals surface area contributed by atoms with E-state index in [9.17, 15) is 13.2 Å². The van der Waals surface area contributed by atoms with Crippen LogP contribution in [0.15, 0.2) is 83.8 Å². The number of hydrogen-bond donors (Lipinski definition) is 1. The molecule has 1 amide bonds. The van der Waals surface area contributed by atoms with Gasteiger partial charge in [-0.05, 0) is 48.0 Å². The van der Waals surface area contributed by atoms with E-state index in [0.717, 1.165) is 18.5 Å². The molecule has 5 nitrogen and oxygen atoms in total. The Morgan fingerprint density at radius 1 is 0.929 bits per heavy atom. The lowest BCUT2D eigenvalue weighted by molar-refractivity contribution is 0.102. The van der Waals surface area contributed by atoms with Crippen molar-refractivity contribution in [3.05, 3.63) is 90.0 Å². The number of rotatable bonds is 6. The van der Waals surface area contributed by atoms with Crippen LogP contribution in [0.1, 0.15) is 15.9 Å². The number of anilines is 2. The van der Waals surface area contributed by atoms with Crippen LogP contribution >= 0.6 is 0 Å². The van der Waals surface area contributed by atoms with Crippen LogP contribution < -0.4 is 10.2 Å². The zero-order valence-corrected chi connectivity index (χ0v) is 16.6. The van der Waals surface area contributed by atoms with Crippen LogP contribution in [0.3, 0.4) is 0 Å². The summed E-state index contributed by atoms with van der Waals surface area (Å²) in [4.78, 5) is 14.7. The summed E-state index contributed by atoms with van der Waals surface area (Å²) in [5.41, 5.74) is 3.19. The molecule has 0 spiro atoms. The first kappa shape index (κ1) is 19.6. The highest BCUT2D eigenvalue weighted by molar-refractivity contribution is 7.90. The minimum atomic E-state index is -3.36. The summed E-state index contributed by atoms with van der Waals surface area (Å²) >= 11 is 0. The van der Waals surface area contributed by atoms with Crippen molar-refractivity contribution in [2.24, 2.45) is 0 Å². The number of carbonyl (C=O) groups excluding carboxylic acids is 1. The average molecular weight is 394 g/mol. The zero-order valence-electron chi connectivity index (χ0n) is 15.8. The van der Waals surface area contributed by atoms with Gasteiger partial charge in [0.05, 0.1) is 4.90 Å². The smallest absolute Gasteiger partial charge is 0.255 e. The molecule has 0 saturated heterocycles. The molecule has 0 bridgehead atoms. The molecule has 0 fully saturated rings. The lowest BCUT2D eigenvalue weighted by atomic mass is 10.2. The number of nitrogens with zero attached hydrogens (tertiary/aromatic N) is 1. The maximum atomic E-state index is 12.4. The minimum absolute atomic E-state index is 0.123. The number of hydrogen-bond acceptors (Lipinski definition) is 4. The van der Waals surface area contributed by atoms with Crippen molar-refractivity contribution in [3.63, 3.8) is 0 Å². The minimum Gasteiger partial charge on any atom is -0.370 e. The van der Waals surface area contributed by atoms with Gasteiger partial charge in [-0.1, -0.05) is 36.4 Å². The number of nitrogens with one attached hydrogen (secondary N) is 1. The molecule has 28 heavy (non-hydrogen) atoms. The van der Waals surface area contributed by atoms with Gasteiger partial charge in [0.2, 0.25) is 0 Å². The summed E-state index contributed by atoms with van der Waals surface area (Å²) in [5, 5.41) is 2.80. The van der Waals surface area contributed by atoms with Crippen molar-refractivity contribution in [1.29, 1.82) is 0 Å². The Morgan fingerprint density at radius 3 is 2.25 bits per heavy atom. The normalized spacial score (nSPS) is 11.1. The first-order valence-electron chi connectivity index (χ1n) is 8.79. The summed E-state index contributed by atoms with van der Waals surface area (Å²) in [6, 6.07) is 23.7. The summed E-state index contributed by atoms with van der Waals surface area (Å²) in [7, 11) is -1.35. The van der Waals surface area contributed by atoms with E-state index in [4.69, 9.17) is 0 Å². The third-order valence-electron chi connectivity index (χ3n) is 4.35. The molecule has 0 unspecified atom stereocenters. The Bertz CT molecular complexity index is 1060. The van der Waals surface area contributed by atoms with Gasteiger partial charge in [0.15, 0.2) is 9.84 Å². The number of benzene rings is 3. The Balaban J connectivity index is 1.68. The molecule has 0 aliphatic heterocycles. The summed E-state index contributed by atoms with van der Waals surface area (Å²) in [6.45, 7) is 0.783. The molecule has 6 heteroatoms. The highest BCUT2D eigenvalue weighted by Gasteiger charge is 2.12. The van der Waals surface area contributed by atoms with Gasteiger partial charge in [0.1, 0.15) is 0 Å². The first-order valence-corrected chi connectivity index (χ1v) is 10.7. The van der Waals surface area contributed by atoms with E-state index in [1.165, 1.54) is 17.7 Å². The van der Waals surface area contributed by atoms with Gasteiger partial charge < -0.3 is 10.2 Å². The van der Waals surface area contributed by atoms with E-state index in [0.29, 0.717) is 11.3 Å². The second kappa shape index (κ2) is 8.27. The molecular formula is C22H22N2O3S. The number of amides is 1. The van der Waals surface area contributed by atoms with Crippen molar-refractivity contribution in [1.82, 2.24) is 0 Å². The van der Waals surface area contributed by atoms with E-state index in [1.807, 2.05) is 49.5 Å². The number of sulfone groups is 1. The van der Waals surface area contributed by atoms with Crippen LogP contribution in [0.4, 0.5) is 11.4 Å². The average Bonchev–Trinajstić information content (AvgIpc) is 2.69. The largest absolute Gasteiger partial charge is 0.370 e. The SMILES string of the molecule is CN(Cc1ccccc1)c1ccc(NC(=O)c2cccc(S(C)(=O)=O)c2)cc1. The zero-order chi connectivity index (χ0) is 20.1. The second-order valence-electron chi connectivity index (χ2n) is 6.64. The molecule has 1 N–H and O–H groups in total. The Labute approximate surface area is 165 Å². The van der Waals surface area contributed by atoms with Gasteiger partial charge in [-0.3, -0.25) is 4.79 Å². The van der Waals surface area contributed by atoms with Crippen LogP contribution in [-0.4, -0.2) is 27.6 Å². The fourth-order valence-electron chi connectivity index (χ4n) is 2.82. The standard InChI is InChI=1S/C22H22N2O3S/c1-24(16-17-7-4-3-5-8-17)20-13-11-19(12-14-20)23-22(25)18-9-6-10-21(15-18)28(2,26)27/h3-15H,16H2,1-2H3,(H,23,25). The van der Waals surface area contributed by atoms with E-state index in [1.54, 1.807) is 12.1 Å². The lowest BCUT2D eigenvalue weighted by Gasteiger charge is -2.20. The molecule has 3 aromatic rings. The quantitative estimate of drug-likeness (QED) is 0.687. The molecule has 144 valence electrons. The molecule has 0 aliphatic carbocycles. The van der Waals surface area contributed by atoms with E-state index in [2.05, 4.69) is 22.3 Å². The van der Waals surface area contributed by atoms with Crippen molar-refractivity contribution in [2.45, 2.75) is 11.4 Å². The van der Waals surface area contributed by atoms with Crippen LogP contribution in [0.2, 0.25) is 0 Å². The summed E-state index contributed by atoms with van der Waals surface area (Å²) < 4.78 is 23.3. The van der Waals surface area contributed by atoms with Gasteiger partial charge >= 0.3 is 0 Å². The Morgan fingerprint density at radius 2 is 1.61 bits per heavy atom. The monoisotopic (exact) mass is 394 g/mol. The first-order chi connectivity index (χ1) is 13.3. The molecule has 0 aliphatic rings. The molecular weight excluding hydrogens is 372 g/mol. The number of carbonyl (C=O) groups is 1.